The van der Waals surface area contributed by atoms with Crippen LogP contribution in [0.1, 0.15) is 24.0 Å². The van der Waals surface area contributed by atoms with Crippen LogP contribution < -0.4 is 4.74 Å². The van der Waals surface area contributed by atoms with E-state index in [-0.39, 0.29) is 17.3 Å². The first-order chi connectivity index (χ1) is 9.60. The number of aliphatic hydroxyl groups excluding tert-OH is 1. The summed E-state index contributed by atoms with van der Waals surface area (Å²) in [5.74, 6) is 0.839. The van der Waals surface area contributed by atoms with Gasteiger partial charge in [-0.15, -0.1) is 0 Å². The van der Waals surface area contributed by atoms with E-state index in [9.17, 15) is 10.2 Å². The summed E-state index contributed by atoms with van der Waals surface area (Å²) in [6.07, 6.45) is 5.02. The number of aromatic hydroxyl groups is 1. The molecular weight excluding hydrogens is 254 g/mol. The molecule has 1 spiro atoms. The maximum Gasteiger partial charge on any atom is 0.165 e. The molecule has 106 valence electrons. The molecular formula is C16H19NO3. The van der Waals surface area contributed by atoms with Crippen LogP contribution in [-0.2, 0) is 12.0 Å². The highest BCUT2D eigenvalue weighted by Gasteiger charge is 2.52. The molecule has 3 atom stereocenters. The van der Waals surface area contributed by atoms with Gasteiger partial charge in [0.2, 0.25) is 0 Å². The van der Waals surface area contributed by atoms with Crippen molar-refractivity contribution in [2.75, 3.05) is 13.6 Å². The molecule has 0 saturated heterocycles. The fraction of sp³-hybridized carbons (Fsp3) is 0.500. The molecule has 2 aliphatic heterocycles. The van der Waals surface area contributed by atoms with Crippen LogP contribution in [0, 0.1) is 0 Å². The standard InChI is InChI=1S/C16H19NO3/c1-17-7-6-16-5-4-11(18)8-13(16)20-15-12(19)3-2-10(9-17)14(15)16/h2-5,11,13,18-19H,6-9H2,1H3/t11?,13-,16+/m0/s1. The molecule has 0 aromatic heterocycles. The molecule has 0 amide bonds. The third-order valence-electron chi connectivity index (χ3n) is 4.94. The molecule has 1 unspecified atom stereocenters. The molecule has 3 aliphatic rings. The number of hydrogen-bond acceptors (Lipinski definition) is 4. The van der Waals surface area contributed by atoms with Gasteiger partial charge in [-0.25, -0.2) is 0 Å². The summed E-state index contributed by atoms with van der Waals surface area (Å²) in [6.45, 7) is 1.85. The van der Waals surface area contributed by atoms with Crippen molar-refractivity contribution in [1.82, 2.24) is 4.90 Å². The van der Waals surface area contributed by atoms with E-state index in [2.05, 4.69) is 18.0 Å². The van der Waals surface area contributed by atoms with Crippen molar-refractivity contribution in [2.45, 2.75) is 37.0 Å². The third kappa shape index (κ3) is 1.49. The van der Waals surface area contributed by atoms with E-state index in [1.165, 1.54) is 5.56 Å². The molecule has 1 aliphatic carbocycles. The Labute approximate surface area is 118 Å². The van der Waals surface area contributed by atoms with E-state index >= 15 is 0 Å². The van der Waals surface area contributed by atoms with Gasteiger partial charge in [0.25, 0.3) is 0 Å². The highest BCUT2D eigenvalue weighted by molar-refractivity contribution is 5.60. The van der Waals surface area contributed by atoms with E-state index in [4.69, 9.17) is 4.74 Å². The van der Waals surface area contributed by atoms with Gasteiger partial charge in [0.05, 0.1) is 11.5 Å². The van der Waals surface area contributed by atoms with Gasteiger partial charge in [-0.3, -0.25) is 0 Å². The summed E-state index contributed by atoms with van der Waals surface area (Å²) in [7, 11) is 2.12. The number of hydrogen-bond donors (Lipinski definition) is 2. The molecule has 0 saturated carbocycles. The Morgan fingerprint density at radius 3 is 3.10 bits per heavy atom. The molecule has 2 N–H and O–H groups in total. The van der Waals surface area contributed by atoms with Crippen LogP contribution >= 0.6 is 0 Å². The summed E-state index contributed by atoms with van der Waals surface area (Å²) >= 11 is 0. The van der Waals surface area contributed by atoms with Gasteiger partial charge in [-0.1, -0.05) is 18.2 Å². The molecule has 4 heteroatoms. The Balaban J connectivity index is 1.96. The predicted molar refractivity (Wildman–Crippen MR) is 74.9 cm³/mol. The van der Waals surface area contributed by atoms with Crippen molar-refractivity contribution in [1.29, 1.82) is 0 Å². The first-order valence-corrected chi connectivity index (χ1v) is 7.18. The van der Waals surface area contributed by atoms with Crippen molar-refractivity contribution < 1.29 is 14.9 Å². The molecule has 4 nitrogen and oxygen atoms in total. The zero-order valence-corrected chi connectivity index (χ0v) is 11.5. The number of nitrogens with zero attached hydrogens (tertiary/aromatic N) is 1. The molecule has 0 fully saturated rings. The Kier molecular flexibility index (Phi) is 2.44. The Morgan fingerprint density at radius 1 is 1.40 bits per heavy atom. The normalized spacial score (nSPS) is 35.1. The predicted octanol–water partition coefficient (Wildman–Crippen LogP) is 1.55. The fourth-order valence-corrected chi connectivity index (χ4v) is 3.93. The second-order valence-electron chi connectivity index (χ2n) is 6.24. The molecule has 0 radical (unpaired) electrons. The van der Waals surface area contributed by atoms with E-state index in [1.54, 1.807) is 6.07 Å². The fourth-order valence-electron chi connectivity index (χ4n) is 3.93. The lowest BCUT2D eigenvalue weighted by atomic mass is 9.69. The maximum atomic E-state index is 10.1. The summed E-state index contributed by atoms with van der Waals surface area (Å²) < 4.78 is 6.04. The third-order valence-corrected chi connectivity index (χ3v) is 4.94. The van der Waals surface area contributed by atoms with Crippen LogP contribution in [0.5, 0.6) is 11.5 Å². The minimum atomic E-state index is -0.452. The summed E-state index contributed by atoms with van der Waals surface area (Å²) in [4.78, 5) is 2.30. The van der Waals surface area contributed by atoms with Crippen molar-refractivity contribution >= 4 is 0 Å². The van der Waals surface area contributed by atoms with Crippen LogP contribution in [-0.4, -0.2) is 40.9 Å². The monoisotopic (exact) mass is 273 g/mol. The minimum Gasteiger partial charge on any atom is -0.504 e. The van der Waals surface area contributed by atoms with Crippen LogP contribution in [0.3, 0.4) is 0 Å². The molecule has 1 aromatic rings. The highest BCUT2D eigenvalue weighted by Crippen LogP contribution is 2.55. The lowest BCUT2D eigenvalue weighted by Crippen LogP contribution is -2.42. The number of rotatable bonds is 0. The summed E-state index contributed by atoms with van der Waals surface area (Å²) in [6, 6.07) is 3.72. The molecule has 4 rings (SSSR count). The average molecular weight is 273 g/mol. The van der Waals surface area contributed by atoms with Gasteiger partial charge >= 0.3 is 0 Å². The lowest BCUT2D eigenvalue weighted by Gasteiger charge is -2.35. The van der Waals surface area contributed by atoms with Crippen LogP contribution in [0.15, 0.2) is 24.3 Å². The maximum absolute atomic E-state index is 10.1. The van der Waals surface area contributed by atoms with Gasteiger partial charge in [-0.2, -0.15) is 0 Å². The summed E-state index contributed by atoms with van der Waals surface area (Å²) in [5, 5.41) is 20.0. The largest absolute Gasteiger partial charge is 0.504 e. The van der Waals surface area contributed by atoms with Crippen molar-refractivity contribution in [3.05, 3.63) is 35.4 Å². The summed E-state index contributed by atoms with van der Waals surface area (Å²) in [5.41, 5.74) is 2.17. The van der Waals surface area contributed by atoms with Crippen molar-refractivity contribution in [3.8, 4) is 11.5 Å². The van der Waals surface area contributed by atoms with E-state index in [0.717, 1.165) is 25.1 Å². The van der Waals surface area contributed by atoms with E-state index < -0.39 is 6.10 Å². The Bertz CT molecular complexity index is 598. The van der Waals surface area contributed by atoms with Crippen molar-refractivity contribution in [3.63, 3.8) is 0 Å². The topological polar surface area (TPSA) is 52.9 Å². The second-order valence-corrected chi connectivity index (χ2v) is 6.24. The number of aliphatic hydroxyl groups is 1. The van der Waals surface area contributed by atoms with E-state index in [0.29, 0.717) is 12.2 Å². The molecule has 1 aromatic carbocycles. The molecule has 2 heterocycles. The lowest BCUT2D eigenvalue weighted by molar-refractivity contribution is 0.0822. The van der Waals surface area contributed by atoms with Gasteiger partial charge in [-0.05, 0) is 31.6 Å². The number of benzene rings is 1. The van der Waals surface area contributed by atoms with Gasteiger partial charge in [0, 0.05) is 18.5 Å². The van der Waals surface area contributed by atoms with Crippen LogP contribution in [0.2, 0.25) is 0 Å². The smallest absolute Gasteiger partial charge is 0.165 e. The van der Waals surface area contributed by atoms with Crippen molar-refractivity contribution in [2.24, 2.45) is 0 Å². The average Bonchev–Trinajstić information content (AvgIpc) is 2.68. The second kappa shape index (κ2) is 3.99. The van der Waals surface area contributed by atoms with Crippen LogP contribution in [0.25, 0.3) is 0 Å². The minimum absolute atomic E-state index is 0.0731. The number of ether oxygens (including phenoxy) is 1. The van der Waals surface area contributed by atoms with Gasteiger partial charge in [0.1, 0.15) is 6.10 Å². The number of phenolic OH excluding ortho intramolecular Hbond substituents is 1. The highest BCUT2D eigenvalue weighted by atomic mass is 16.5. The first-order valence-electron chi connectivity index (χ1n) is 7.18. The zero-order chi connectivity index (χ0) is 13.9. The number of phenols is 1. The molecule has 20 heavy (non-hydrogen) atoms. The van der Waals surface area contributed by atoms with Crippen LogP contribution in [0.4, 0.5) is 0 Å². The van der Waals surface area contributed by atoms with E-state index in [1.807, 2.05) is 12.1 Å². The molecule has 0 bridgehead atoms. The van der Waals surface area contributed by atoms with Gasteiger partial charge < -0.3 is 19.8 Å². The quantitative estimate of drug-likeness (QED) is 0.704. The Morgan fingerprint density at radius 2 is 2.25 bits per heavy atom. The SMILES string of the molecule is CN1CC[C@]23C=CC(O)C[C@@H]2Oc2c(O)ccc(c23)C1. The Hall–Kier alpha value is -1.52. The van der Waals surface area contributed by atoms with Gasteiger partial charge in [0.15, 0.2) is 11.5 Å². The first kappa shape index (κ1) is 12.2. The zero-order valence-electron chi connectivity index (χ0n) is 11.5.